The van der Waals surface area contributed by atoms with Gasteiger partial charge in [-0.3, -0.25) is 4.79 Å². The van der Waals surface area contributed by atoms with Gasteiger partial charge in [-0.2, -0.15) is 0 Å². The van der Waals surface area contributed by atoms with Crippen molar-refractivity contribution < 1.29 is 9.59 Å². The van der Waals surface area contributed by atoms with Crippen LogP contribution in [0.2, 0.25) is 10.0 Å². The summed E-state index contributed by atoms with van der Waals surface area (Å²) in [5.41, 5.74) is 1.25. The zero-order valence-corrected chi connectivity index (χ0v) is 14.9. The molecule has 2 aromatic rings. The Kier molecular flexibility index (Phi) is 5.46. The second-order valence-corrected chi connectivity index (χ2v) is 6.60. The van der Waals surface area contributed by atoms with E-state index in [1.807, 2.05) is 0 Å². The van der Waals surface area contributed by atoms with Crippen molar-refractivity contribution in [2.75, 3.05) is 31.5 Å². The maximum atomic E-state index is 12.5. The molecule has 1 heterocycles. The van der Waals surface area contributed by atoms with Crippen LogP contribution in [-0.4, -0.2) is 47.9 Å². The Morgan fingerprint density at radius 2 is 1.48 bits per heavy atom. The SMILES string of the molecule is O=C(Nc1cccc(Cl)c1)N1CCN(C(=O)c2ccc(Cl)cc2)CC1. The number of piperazine rings is 1. The monoisotopic (exact) mass is 377 g/mol. The Morgan fingerprint density at radius 1 is 0.840 bits per heavy atom. The Labute approximate surface area is 156 Å². The highest BCUT2D eigenvalue weighted by Gasteiger charge is 2.24. The first-order valence-electron chi connectivity index (χ1n) is 7.89. The van der Waals surface area contributed by atoms with Crippen LogP contribution in [0.15, 0.2) is 48.5 Å². The van der Waals surface area contributed by atoms with Crippen molar-refractivity contribution in [1.82, 2.24) is 9.80 Å². The van der Waals surface area contributed by atoms with E-state index in [2.05, 4.69) is 5.32 Å². The lowest BCUT2D eigenvalue weighted by atomic mass is 10.2. The minimum atomic E-state index is -0.194. The molecule has 1 aliphatic rings. The predicted octanol–water partition coefficient (Wildman–Crippen LogP) is 3.98. The summed E-state index contributed by atoms with van der Waals surface area (Å²) < 4.78 is 0. The highest BCUT2D eigenvalue weighted by molar-refractivity contribution is 6.31. The molecule has 5 nitrogen and oxygen atoms in total. The van der Waals surface area contributed by atoms with Gasteiger partial charge in [-0.25, -0.2) is 4.79 Å². The number of nitrogens with zero attached hydrogens (tertiary/aromatic N) is 2. The molecular weight excluding hydrogens is 361 g/mol. The highest BCUT2D eigenvalue weighted by Crippen LogP contribution is 2.17. The minimum absolute atomic E-state index is 0.0495. The van der Waals surface area contributed by atoms with E-state index in [-0.39, 0.29) is 11.9 Å². The first-order valence-corrected chi connectivity index (χ1v) is 8.65. The lowest BCUT2D eigenvalue weighted by Crippen LogP contribution is -2.51. The Hall–Kier alpha value is -2.24. The number of halogens is 2. The highest BCUT2D eigenvalue weighted by atomic mass is 35.5. The second kappa shape index (κ2) is 7.76. The van der Waals surface area contributed by atoms with E-state index < -0.39 is 0 Å². The average Bonchev–Trinajstić information content (AvgIpc) is 2.62. The van der Waals surface area contributed by atoms with Crippen molar-refractivity contribution in [3.8, 4) is 0 Å². The number of anilines is 1. The Balaban J connectivity index is 1.55. The van der Waals surface area contributed by atoms with Gasteiger partial charge in [-0.05, 0) is 42.5 Å². The molecule has 1 saturated heterocycles. The van der Waals surface area contributed by atoms with E-state index in [9.17, 15) is 9.59 Å². The third kappa shape index (κ3) is 4.44. The quantitative estimate of drug-likeness (QED) is 0.860. The smallest absolute Gasteiger partial charge is 0.321 e. The van der Waals surface area contributed by atoms with E-state index in [0.29, 0.717) is 47.5 Å². The maximum Gasteiger partial charge on any atom is 0.321 e. The summed E-state index contributed by atoms with van der Waals surface area (Å²) >= 11 is 11.8. The molecular formula is C18H17Cl2N3O2. The molecule has 1 fully saturated rings. The average molecular weight is 378 g/mol. The molecule has 0 spiro atoms. The van der Waals surface area contributed by atoms with Gasteiger partial charge in [0, 0.05) is 47.5 Å². The van der Waals surface area contributed by atoms with Crippen molar-refractivity contribution in [2.24, 2.45) is 0 Å². The summed E-state index contributed by atoms with van der Waals surface area (Å²) in [7, 11) is 0. The van der Waals surface area contributed by atoms with E-state index in [1.54, 1.807) is 58.3 Å². The zero-order chi connectivity index (χ0) is 17.8. The summed E-state index contributed by atoms with van der Waals surface area (Å²) in [5, 5.41) is 3.98. The van der Waals surface area contributed by atoms with E-state index in [1.165, 1.54) is 0 Å². The van der Waals surface area contributed by atoms with Gasteiger partial charge in [0.2, 0.25) is 0 Å². The van der Waals surface area contributed by atoms with Crippen LogP contribution in [0.4, 0.5) is 10.5 Å². The number of carbonyl (C=O) groups is 2. The molecule has 0 unspecified atom stereocenters. The molecule has 25 heavy (non-hydrogen) atoms. The first-order chi connectivity index (χ1) is 12.0. The van der Waals surface area contributed by atoms with Crippen LogP contribution >= 0.6 is 23.2 Å². The molecule has 7 heteroatoms. The van der Waals surface area contributed by atoms with Gasteiger partial charge in [0.1, 0.15) is 0 Å². The van der Waals surface area contributed by atoms with Crippen LogP contribution in [0.3, 0.4) is 0 Å². The van der Waals surface area contributed by atoms with Gasteiger partial charge >= 0.3 is 6.03 Å². The summed E-state index contributed by atoms with van der Waals surface area (Å²) in [5.74, 6) is -0.0495. The number of hydrogen-bond acceptors (Lipinski definition) is 2. The van der Waals surface area contributed by atoms with Crippen molar-refractivity contribution in [3.05, 3.63) is 64.1 Å². The standard InChI is InChI=1S/C18H17Cl2N3O2/c19-14-6-4-13(5-7-14)17(24)22-8-10-23(11-9-22)18(25)21-16-3-1-2-15(20)12-16/h1-7,12H,8-11H2,(H,21,25). The number of hydrogen-bond donors (Lipinski definition) is 1. The summed E-state index contributed by atoms with van der Waals surface area (Å²) in [6, 6.07) is 13.6. The van der Waals surface area contributed by atoms with Crippen LogP contribution in [0.5, 0.6) is 0 Å². The lowest BCUT2D eigenvalue weighted by Gasteiger charge is -2.34. The fourth-order valence-corrected chi connectivity index (χ4v) is 2.97. The van der Waals surface area contributed by atoms with Crippen molar-refractivity contribution in [1.29, 1.82) is 0 Å². The number of rotatable bonds is 2. The summed E-state index contributed by atoms with van der Waals surface area (Å²) in [4.78, 5) is 28.2. The van der Waals surface area contributed by atoms with E-state index in [0.717, 1.165) is 0 Å². The molecule has 130 valence electrons. The largest absolute Gasteiger partial charge is 0.335 e. The van der Waals surface area contributed by atoms with Crippen LogP contribution in [0.25, 0.3) is 0 Å². The van der Waals surface area contributed by atoms with Crippen LogP contribution in [0, 0.1) is 0 Å². The number of carbonyl (C=O) groups excluding carboxylic acids is 2. The molecule has 3 rings (SSSR count). The lowest BCUT2D eigenvalue weighted by molar-refractivity contribution is 0.0671. The van der Waals surface area contributed by atoms with Crippen molar-refractivity contribution >= 4 is 40.8 Å². The molecule has 0 aliphatic carbocycles. The van der Waals surface area contributed by atoms with Gasteiger partial charge in [0.15, 0.2) is 0 Å². The van der Waals surface area contributed by atoms with Crippen LogP contribution < -0.4 is 5.32 Å². The maximum absolute atomic E-state index is 12.5. The molecule has 1 N–H and O–H groups in total. The number of nitrogens with one attached hydrogen (secondary N) is 1. The molecule has 0 radical (unpaired) electrons. The van der Waals surface area contributed by atoms with Gasteiger partial charge in [0.25, 0.3) is 5.91 Å². The Bertz CT molecular complexity index is 772. The molecule has 2 aromatic carbocycles. The fraction of sp³-hybridized carbons (Fsp3) is 0.222. The molecule has 0 aromatic heterocycles. The first kappa shape index (κ1) is 17.6. The normalized spacial score (nSPS) is 14.3. The Morgan fingerprint density at radius 3 is 2.12 bits per heavy atom. The molecule has 0 bridgehead atoms. The van der Waals surface area contributed by atoms with Crippen molar-refractivity contribution in [2.45, 2.75) is 0 Å². The number of urea groups is 1. The third-order valence-corrected chi connectivity index (χ3v) is 4.51. The third-order valence-electron chi connectivity index (χ3n) is 4.02. The van der Waals surface area contributed by atoms with E-state index >= 15 is 0 Å². The van der Waals surface area contributed by atoms with E-state index in [4.69, 9.17) is 23.2 Å². The minimum Gasteiger partial charge on any atom is -0.335 e. The van der Waals surface area contributed by atoms with Gasteiger partial charge < -0.3 is 15.1 Å². The molecule has 0 atom stereocenters. The van der Waals surface area contributed by atoms with Crippen molar-refractivity contribution in [3.63, 3.8) is 0 Å². The summed E-state index contributed by atoms with van der Waals surface area (Å²) in [6.07, 6.45) is 0. The topological polar surface area (TPSA) is 52.7 Å². The van der Waals surface area contributed by atoms with Crippen LogP contribution in [-0.2, 0) is 0 Å². The predicted molar refractivity (Wildman–Crippen MR) is 99.4 cm³/mol. The number of amides is 3. The van der Waals surface area contributed by atoms with Gasteiger partial charge in [0.05, 0.1) is 0 Å². The van der Waals surface area contributed by atoms with Crippen LogP contribution in [0.1, 0.15) is 10.4 Å². The fourth-order valence-electron chi connectivity index (χ4n) is 2.66. The number of benzene rings is 2. The van der Waals surface area contributed by atoms with Gasteiger partial charge in [-0.1, -0.05) is 29.3 Å². The molecule has 1 aliphatic heterocycles. The second-order valence-electron chi connectivity index (χ2n) is 5.73. The molecule has 3 amide bonds. The summed E-state index contributed by atoms with van der Waals surface area (Å²) in [6.45, 7) is 1.94. The van der Waals surface area contributed by atoms with Gasteiger partial charge in [-0.15, -0.1) is 0 Å². The zero-order valence-electron chi connectivity index (χ0n) is 13.4. The molecule has 0 saturated carbocycles.